The molecular weight excluding hydrogens is 465 g/mol. The first-order valence-electron chi connectivity index (χ1n) is 8.21. The minimum Gasteiger partial charge on any atom is -0.359 e. The van der Waals surface area contributed by atoms with Gasteiger partial charge in [-0.05, 0) is 34.7 Å². The molecule has 4 nitrogen and oxygen atoms in total. The highest BCUT2D eigenvalue weighted by Gasteiger charge is 2.17. The monoisotopic (exact) mass is 485 g/mol. The smallest absolute Gasteiger partial charge is 0.140 e. The summed E-state index contributed by atoms with van der Waals surface area (Å²) in [6.07, 6.45) is 0. The molecule has 0 spiro atoms. The Kier molecular flexibility index (Phi) is 5.82. The summed E-state index contributed by atoms with van der Waals surface area (Å²) in [4.78, 5) is 4.51. The first-order chi connectivity index (χ1) is 11.8. The quantitative estimate of drug-likeness (QED) is 0.195. The highest BCUT2D eigenvalue weighted by Crippen LogP contribution is 2.31. The summed E-state index contributed by atoms with van der Waals surface area (Å²) >= 11 is 8.55. The van der Waals surface area contributed by atoms with Gasteiger partial charge in [-0.25, -0.2) is 9.67 Å². The summed E-state index contributed by atoms with van der Waals surface area (Å²) in [7, 11) is -1.09. The Morgan fingerprint density at radius 3 is 2.60 bits per heavy atom. The molecule has 25 heavy (non-hydrogen) atoms. The second-order valence-electron chi connectivity index (χ2n) is 7.19. The summed E-state index contributed by atoms with van der Waals surface area (Å²) in [5.74, 6) is 0. The molecule has 0 aliphatic rings. The van der Waals surface area contributed by atoms with Gasteiger partial charge in [-0.2, -0.15) is 5.10 Å². The molecular formula is C18H21ClIN3OSi. The molecule has 0 aliphatic carbocycles. The second kappa shape index (κ2) is 7.73. The summed E-state index contributed by atoms with van der Waals surface area (Å²) < 4.78 is 8.76. The fourth-order valence-electron chi connectivity index (χ4n) is 2.48. The lowest BCUT2D eigenvalue weighted by atomic mass is 10.1. The van der Waals surface area contributed by atoms with E-state index in [-0.39, 0.29) is 0 Å². The number of hydrogen-bond donors (Lipinski definition) is 0. The van der Waals surface area contributed by atoms with Crippen LogP contribution in [0.1, 0.15) is 0 Å². The Bertz CT molecular complexity index is 877. The van der Waals surface area contributed by atoms with Crippen LogP contribution in [0.25, 0.3) is 22.2 Å². The van der Waals surface area contributed by atoms with Crippen LogP contribution in [-0.2, 0) is 11.5 Å². The normalized spacial score (nSPS) is 12.0. The molecule has 1 aromatic carbocycles. The SMILES string of the molecule is C[Si](C)(C)CCOCn1nc2c(-c3ccccc3)nc(Cl)cc2c1I. The lowest BCUT2D eigenvalue weighted by Gasteiger charge is -2.15. The molecule has 0 aliphatic heterocycles. The van der Waals surface area contributed by atoms with E-state index in [1.165, 1.54) is 0 Å². The average molecular weight is 486 g/mol. The van der Waals surface area contributed by atoms with E-state index in [1.807, 2.05) is 41.1 Å². The summed E-state index contributed by atoms with van der Waals surface area (Å²) in [6.45, 7) is 8.27. The van der Waals surface area contributed by atoms with Crippen molar-refractivity contribution in [3.8, 4) is 11.3 Å². The Morgan fingerprint density at radius 1 is 1.20 bits per heavy atom. The van der Waals surface area contributed by atoms with Gasteiger partial charge in [-0.3, -0.25) is 0 Å². The van der Waals surface area contributed by atoms with Gasteiger partial charge in [0, 0.05) is 25.6 Å². The maximum Gasteiger partial charge on any atom is 0.140 e. The maximum absolute atomic E-state index is 6.25. The van der Waals surface area contributed by atoms with E-state index < -0.39 is 8.07 Å². The van der Waals surface area contributed by atoms with Crippen molar-refractivity contribution < 1.29 is 4.74 Å². The van der Waals surface area contributed by atoms with E-state index in [0.717, 1.165) is 38.5 Å². The molecule has 3 aromatic rings. The van der Waals surface area contributed by atoms with Crippen LogP contribution in [0.5, 0.6) is 0 Å². The van der Waals surface area contributed by atoms with Crippen LogP contribution in [0.3, 0.4) is 0 Å². The standard InChI is InChI=1S/C18H21ClIN3OSi/c1-25(2,3)10-9-24-12-23-18(20)14-11-15(19)21-16(17(14)22-23)13-7-5-4-6-8-13/h4-8,11H,9-10,12H2,1-3H3. The van der Waals surface area contributed by atoms with Crippen molar-refractivity contribution in [2.24, 2.45) is 0 Å². The second-order valence-corrected chi connectivity index (χ2v) is 14.2. The molecule has 0 unspecified atom stereocenters. The van der Waals surface area contributed by atoms with Crippen molar-refractivity contribution >= 4 is 53.2 Å². The summed E-state index contributed by atoms with van der Waals surface area (Å²) in [5, 5.41) is 6.22. The van der Waals surface area contributed by atoms with E-state index in [9.17, 15) is 0 Å². The lowest BCUT2D eigenvalue weighted by molar-refractivity contribution is 0.0773. The Labute approximate surface area is 167 Å². The van der Waals surface area contributed by atoms with Crippen molar-refractivity contribution in [2.45, 2.75) is 32.4 Å². The predicted molar refractivity (Wildman–Crippen MR) is 115 cm³/mol. The Hall–Kier alpha value is -0.963. The molecule has 0 atom stereocenters. The third-order valence-corrected chi connectivity index (χ3v) is 6.92. The van der Waals surface area contributed by atoms with E-state index in [4.69, 9.17) is 21.4 Å². The van der Waals surface area contributed by atoms with Crippen LogP contribution in [-0.4, -0.2) is 29.4 Å². The minimum absolute atomic E-state index is 0.448. The van der Waals surface area contributed by atoms with E-state index in [0.29, 0.717) is 11.9 Å². The van der Waals surface area contributed by atoms with Gasteiger partial charge < -0.3 is 4.74 Å². The lowest BCUT2D eigenvalue weighted by Crippen LogP contribution is -2.22. The number of fused-ring (bicyclic) bond motifs is 1. The first-order valence-corrected chi connectivity index (χ1v) is 13.4. The molecule has 2 heterocycles. The van der Waals surface area contributed by atoms with Gasteiger partial charge in [0.1, 0.15) is 26.8 Å². The van der Waals surface area contributed by atoms with E-state index in [1.54, 1.807) is 0 Å². The zero-order valence-corrected chi connectivity index (χ0v) is 18.5. The van der Waals surface area contributed by atoms with E-state index in [2.05, 4.69) is 47.2 Å². The Morgan fingerprint density at radius 2 is 1.92 bits per heavy atom. The largest absolute Gasteiger partial charge is 0.359 e. The average Bonchev–Trinajstić information content (AvgIpc) is 2.87. The Balaban J connectivity index is 1.91. The molecule has 0 saturated heterocycles. The number of rotatable bonds is 6. The zero-order valence-electron chi connectivity index (χ0n) is 14.6. The predicted octanol–water partition coefficient (Wildman–Crippen LogP) is 5.67. The number of ether oxygens (including phenoxy) is 1. The third-order valence-electron chi connectivity index (χ3n) is 3.89. The van der Waals surface area contributed by atoms with Crippen LogP contribution >= 0.6 is 34.2 Å². The topological polar surface area (TPSA) is 39.9 Å². The van der Waals surface area contributed by atoms with Gasteiger partial charge in [-0.15, -0.1) is 0 Å². The van der Waals surface area contributed by atoms with Gasteiger partial charge in [0.2, 0.25) is 0 Å². The van der Waals surface area contributed by atoms with E-state index >= 15 is 0 Å². The number of nitrogens with zero attached hydrogens (tertiary/aromatic N) is 3. The molecule has 0 N–H and O–H groups in total. The van der Waals surface area contributed by atoms with Gasteiger partial charge >= 0.3 is 0 Å². The van der Waals surface area contributed by atoms with Crippen molar-refractivity contribution in [1.29, 1.82) is 0 Å². The number of pyridine rings is 1. The highest BCUT2D eigenvalue weighted by atomic mass is 127. The molecule has 2 aromatic heterocycles. The highest BCUT2D eigenvalue weighted by molar-refractivity contribution is 14.1. The van der Waals surface area contributed by atoms with Crippen LogP contribution < -0.4 is 0 Å². The number of halogens is 2. The molecule has 0 amide bonds. The van der Waals surface area contributed by atoms with Crippen molar-refractivity contribution in [3.05, 3.63) is 45.3 Å². The summed E-state index contributed by atoms with van der Waals surface area (Å²) in [6, 6.07) is 13.0. The molecule has 7 heteroatoms. The molecule has 0 saturated carbocycles. The molecule has 0 radical (unpaired) electrons. The fourth-order valence-corrected chi connectivity index (χ4v) is 4.09. The van der Waals surface area contributed by atoms with Crippen LogP contribution in [0, 0.1) is 3.70 Å². The van der Waals surface area contributed by atoms with Gasteiger partial charge in [0.15, 0.2) is 0 Å². The minimum atomic E-state index is -1.09. The van der Waals surface area contributed by atoms with Crippen LogP contribution in [0.4, 0.5) is 0 Å². The number of aromatic nitrogens is 3. The molecule has 3 rings (SSSR count). The van der Waals surface area contributed by atoms with Gasteiger partial charge in [0.25, 0.3) is 0 Å². The van der Waals surface area contributed by atoms with Gasteiger partial charge in [-0.1, -0.05) is 61.6 Å². The molecule has 0 bridgehead atoms. The number of benzene rings is 1. The third kappa shape index (κ3) is 4.61. The van der Waals surface area contributed by atoms with Crippen LogP contribution in [0.15, 0.2) is 36.4 Å². The summed E-state index contributed by atoms with van der Waals surface area (Å²) in [5.41, 5.74) is 2.67. The van der Waals surface area contributed by atoms with Crippen molar-refractivity contribution in [3.63, 3.8) is 0 Å². The fraction of sp³-hybridized carbons (Fsp3) is 0.333. The first kappa shape index (κ1) is 18.8. The molecule has 132 valence electrons. The van der Waals surface area contributed by atoms with Crippen molar-refractivity contribution in [2.75, 3.05) is 6.61 Å². The van der Waals surface area contributed by atoms with Crippen molar-refractivity contribution in [1.82, 2.24) is 14.8 Å². The maximum atomic E-state index is 6.25. The molecule has 0 fully saturated rings. The number of hydrogen-bond acceptors (Lipinski definition) is 3. The van der Waals surface area contributed by atoms with Gasteiger partial charge in [0.05, 0.1) is 0 Å². The zero-order chi connectivity index (χ0) is 18.0. The van der Waals surface area contributed by atoms with Crippen LogP contribution in [0.2, 0.25) is 30.8 Å².